The van der Waals surface area contributed by atoms with Gasteiger partial charge in [0, 0.05) is 31.6 Å². The lowest BCUT2D eigenvalue weighted by Crippen LogP contribution is -2.37. The van der Waals surface area contributed by atoms with Crippen LogP contribution in [0.2, 0.25) is 0 Å². The van der Waals surface area contributed by atoms with Gasteiger partial charge in [0.1, 0.15) is 0 Å². The molecule has 2 aromatic rings. The molecule has 1 aliphatic heterocycles. The molecule has 190 valence electrons. The maximum absolute atomic E-state index is 12.8. The summed E-state index contributed by atoms with van der Waals surface area (Å²) in [7, 11) is -2.64. The van der Waals surface area contributed by atoms with Crippen LogP contribution in [0, 0.1) is 0 Å². The number of nitrogens with one attached hydrogen (secondary N) is 1. The number of likely N-dealkylation sites (tertiary alicyclic amines) is 1. The molecule has 0 unspecified atom stereocenters. The second-order valence-electron chi connectivity index (χ2n) is 8.45. The number of nitrogens with zero attached hydrogens (tertiary/aromatic N) is 1. The molecule has 1 N–H and O–H groups in total. The van der Waals surface area contributed by atoms with E-state index in [2.05, 4.69) is 14.4 Å². The highest BCUT2D eigenvalue weighted by molar-refractivity contribution is 7.89. The molecule has 1 heterocycles. The van der Waals surface area contributed by atoms with Gasteiger partial charge in [-0.05, 0) is 49.1 Å². The summed E-state index contributed by atoms with van der Waals surface area (Å²) < 4.78 is 71.4. The molecule has 35 heavy (non-hydrogen) atoms. The second kappa shape index (κ2) is 11.8. The number of carbonyl (C=O) groups excluding carboxylic acids is 1. The molecule has 0 saturated carbocycles. The Labute approximate surface area is 203 Å². The summed E-state index contributed by atoms with van der Waals surface area (Å²) in [6.07, 6.45) is 1.65. The topological polar surface area (TPSA) is 75.7 Å². The number of sulfonamides is 1. The SMILES string of the molecule is COC(=O)CCCC=C[C@@H]1C[C@@H](NS(=O)(=O)c2ccc(C(F)(F)F)cc2)CN1Cc1ccccc1. The van der Waals surface area contributed by atoms with Crippen molar-refractivity contribution in [3.05, 3.63) is 77.9 Å². The first-order valence-corrected chi connectivity index (χ1v) is 12.8. The predicted octanol–water partition coefficient (Wildman–Crippen LogP) is 4.53. The van der Waals surface area contributed by atoms with E-state index < -0.39 is 27.8 Å². The van der Waals surface area contributed by atoms with E-state index in [1.807, 2.05) is 42.5 Å². The number of hydrogen-bond acceptors (Lipinski definition) is 5. The van der Waals surface area contributed by atoms with Crippen LogP contribution in [-0.4, -0.2) is 45.0 Å². The lowest BCUT2D eigenvalue weighted by Gasteiger charge is -2.22. The van der Waals surface area contributed by atoms with Crippen molar-refractivity contribution in [2.24, 2.45) is 0 Å². The molecule has 2 atom stereocenters. The van der Waals surface area contributed by atoms with E-state index in [1.54, 1.807) is 0 Å². The highest BCUT2D eigenvalue weighted by atomic mass is 32.2. The summed E-state index contributed by atoms with van der Waals surface area (Å²) >= 11 is 0. The minimum atomic E-state index is -4.53. The van der Waals surface area contributed by atoms with Gasteiger partial charge >= 0.3 is 12.1 Å². The van der Waals surface area contributed by atoms with E-state index in [0.717, 1.165) is 29.8 Å². The van der Waals surface area contributed by atoms with E-state index in [0.29, 0.717) is 38.8 Å². The zero-order valence-corrected chi connectivity index (χ0v) is 20.2. The summed E-state index contributed by atoms with van der Waals surface area (Å²) in [6, 6.07) is 12.8. The van der Waals surface area contributed by atoms with Gasteiger partial charge in [-0.15, -0.1) is 0 Å². The Hall–Kier alpha value is -2.69. The molecule has 0 aliphatic carbocycles. The minimum absolute atomic E-state index is 0.0337. The van der Waals surface area contributed by atoms with Gasteiger partial charge in [-0.3, -0.25) is 9.69 Å². The molecule has 0 amide bonds. The number of benzene rings is 2. The summed E-state index contributed by atoms with van der Waals surface area (Å²) in [6.45, 7) is 1.07. The van der Waals surface area contributed by atoms with Gasteiger partial charge in [0.15, 0.2) is 0 Å². The van der Waals surface area contributed by atoms with E-state index in [-0.39, 0.29) is 16.9 Å². The van der Waals surface area contributed by atoms with Crippen LogP contribution in [0.4, 0.5) is 13.2 Å². The molecule has 0 bridgehead atoms. The van der Waals surface area contributed by atoms with Crippen LogP contribution in [-0.2, 0) is 32.3 Å². The molecule has 6 nitrogen and oxygen atoms in total. The monoisotopic (exact) mass is 510 g/mol. The molecule has 2 aromatic carbocycles. The minimum Gasteiger partial charge on any atom is -0.469 e. The van der Waals surface area contributed by atoms with Crippen molar-refractivity contribution in [3.63, 3.8) is 0 Å². The van der Waals surface area contributed by atoms with Crippen molar-refractivity contribution in [1.82, 2.24) is 9.62 Å². The zero-order valence-electron chi connectivity index (χ0n) is 19.4. The van der Waals surface area contributed by atoms with Gasteiger partial charge in [-0.25, -0.2) is 13.1 Å². The number of alkyl halides is 3. The summed E-state index contributed by atoms with van der Waals surface area (Å²) in [5.41, 5.74) is 0.187. The summed E-state index contributed by atoms with van der Waals surface area (Å²) in [5.74, 6) is -0.261. The lowest BCUT2D eigenvalue weighted by atomic mass is 10.1. The molecule has 3 rings (SSSR count). The third kappa shape index (κ3) is 7.91. The first kappa shape index (κ1) is 26.9. The molecule has 0 spiro atoms. The fourth-order valence-corrected chi connectivity index (χ4v) is 5.29. The molecular formula is C25H29F3N2O4S. The Bertz CT molecular complexity index is 1100. The van der Waals surface area contributed by atoms with Crippen molar-refractivity contribution in [1.29, 1.82) is 0 Å². The van der Waals surface area contributed by atoms with Gasteiger partial charge in [0.05, 0.1) is 17.6 Å². The third-order valence-electron chi connectivity index (χ3n) is 5.83. The average molecular weight is 511 g/mol. The molecule has 1 aliphatic rings. The number of methoxy groups -OCH3 is 1. The Morgan fingerprint density at radius 1 is 1.14 bits per heavy atom. The average Bonchev–Trinajstić information content (AvgIpc) is 3.18. The van der Waals surface area contributed by atoms with Crippen LogP contribution >= 0.6 is 0 Å². The molecule has 1 saturated heterocycles. The predicted molar refractivity (Wildman–Crippen MR) is 126 cm³/mol. The van der Waals surface area contributed by atoms with E-state index >= 15 is 0 Å². The Morgan fingerprint density at radius 3 is 2.46 bits per heavy atom. The van der Waals surface area contributed by atoms with Crippen molar-refractivity contribution in [2.75, 3.05) is 13.7 Å². The Balaban J connectivity index is 1.68. The number of ether oxygens (including phenoxy) is 1. The molecule has 0 radical (unpaired) electrons. The fraction of sp³-hybridized carbons (Fsp3) is 0.400. The number of rotatable bonds is 10. The van der Waals surface area contributed by atoms with Crippen LogP contribution in [0.5, 0.6) is 0 Å². The van der Waals surface area contributed by atoms with Gasteiger partial charge in [-0.1, -0.05) is 42.5 Å². The lowest BCUT2D eigenvalue weighted by molar-refractivity contribution is -0.140. The van der Waals surface area contributed by atoms with E-state index in [9.17, 15) is 26.4 Å². The molecular weight excluding hydrogens is 481 g/mol. The van der Waals surface area contributed by atoms with Crippen LogP contribution in [0.15, 0.2) is 71.6 Å². The van der Waals surface area contributed by atoms with Crippen LogP contribution in [0.3, 0.4) is 0 Å². The van der Waals surface area contributed by atoms with Crippen molar-refractivity contribution >= 4 is 16.0 Å². The maximum Gasteiger partial charge on any atom is 0.416 e. The van der Waals surface area contributed by atoms with Gasteiger partial charge < -0.3 is 4.74 Å². The second-order valence-corrected chi connectivity index (χ2v) is 10.2. The van der Waals surface area contributed by atoms with E-state index in [4.69, 9.17) is 0 Å². The highest BCUT2D eigenvalue weighted by Gasteiger charge is 2.34. The van der Waals surface area contributed by atoms with Crippen molar-refractivity contribution < 1.29 is 31.1 Å². The maximum atomic E-state index is 12.8. The fourth-order valence-electron chi connectivity index (χ4n) is 4.05. The number of carbonyl (C=O) groups is 1. The number of esters is 1. The normalized spacial score (nSPS) is 19.3. The van der Waals surface area contributed by atoms with Gasteiger partial charge in [-0.2, -0.15) is 13.2 Å². The largest absolute Gasteiger partial charge is 0.469 e. The van der Waals surface area contributed by atoms with E-state index in [1.165, 1.54) is 7.11 Å². The Morgan fingerprint density at radius 2 is 1.83 bits per heavy atom. The summed E-state index contributed by atoms with van der Waals surface area (Å²) in [5, 5.41) is 0. The van der Waals surface area contributed by atoms with Gasteiger partial charge in [0.2, 0.25) is 10.0 Å². The van der Waals surface area contributed by atoms with Crippen molar-refractivity contribution in [3.8, 4) is 0 Å². The first-order chi connectivity index (χ1) is 16.6. The van der Waals surface area contributed by atoms with Crippen molar-refractivity contribution in [2.45, 2.75) is 55.4 Å². The standard InChI is InChI=1S/C25H29F3N2O4S/c1-34-24(31)11-7-3-6-10-22-16-21(18-30(22)17-19-8-4-2-5-9-19)29-35(32,33)23-14-12-20(13-15-23)25(26,27)28/h2,4-6,8-10,12-15,21-22,29H,3,7,11,16-18H2,1H3/t21-,22-/m1/s1. The Kier molecular flexibility index (Phi) is 9.09. The highest BCUT2D eigenvalue weighted by Crippen LogP contribution is 2.30. The number of unbranched alkanes of at least 4 members (excludes halogenated alkanes) is 1. The number of halogens is 3. The smallest absolute Gasteiger partial charge is 0.416 e. The first-order valence-electron chi connectivity index (χ1n) is 11.3. The number of allylic oxidation sites excluding steroid dienone is 1. The molecule has 1 fully saturated rings. The third-order valence-corrected chi connectivity index (χ3v) is 7.37. The quantitative estimate of drug-likeness (QED) is 0.289. The zero-order chi connectivity index (χ0) is 25.5. The van der Waals surface area contributed by atoms with Gasteiger partial charge in [0.25, 0.3) is 0 Å². The molecule has 0 aromatic heterocycles. The summed E-state index contributed by atoms with van der Waals surface area (Å²) in [4.78, 5) is 13.2. The molecule has 10 heteroatoms. The number of hydrogen-bond donors (Lipinski definition) is 1. The van der Waals surface area contributed by atoms with Crippen LogP contribution in [0.25, 0.3) is 0 Å². The van der Waals surface area contributed by atoms with Crippen LogP contribution in [0.1, 0.15) is 36.8 Å². The van der Waals surface area contributed by atoms with Crippen LogP contribution < -0.4 is 4.72 Å².